The normalized spacial score (nSPS) is 13.9. The molecular weight excluding hydrogens is 755 g/mol. The smallest absolute Gasteiger partial charge is 0.306 e. The maximum atomic E-state index is 13.2. The van der Waals surface area contributed by atoms with E-state index in [1.807, 2.05) is 6.08 Å². The van der Waals surface area contributed by atoms with Crippen molar-refractivity contribution in [2.45, 2.75) is 257 Å². The number of hydrogen-bond acceptors (Lipinski definition) is 5. The molecule has 0 spiro atoms. The highest BCUT2D eigenvalue weighted by Gasteiger charge is 2.23. The van der Waals surface area contributed by atoms with E-state index in [9.17, 15) is 19.8 Å². The number of hydrogen-bond donors (Lipinski definition) is 3. The van der Waals surface area contributed by atoms with Crippen LogP contribution >= 0.6 is 0 Å². The monoisotopic (exact) mass is 852 g/mol. The molecule has 0 aromatic carbocycles. The summed E-state index contributed by atoms with van der Waals surface area (Å²) in [4.78, 5) is 26.1. The Bertz CT molecular complexity index is 1140. The highest BCUT2D eigenvalue weighted by atomic mass is 16.5. The molecule has 0 bridgehead atoms. The predicted molar refractivity (Wildman–Crippen MR) is 264 cm³/mol. The van der Waals surface area contributed by atoms with Crippen LogP contribution in [-0.2, 0) is 14.3 Å². The Kier molecular flexibility index (Phi) is 46.2. The molecule has 0 saturated carbocycles. The summed E-state index contributed by atoms with van der Waals surface area (Å²) in [5.41, 5.74) is 0. The first-order valence-corrected chi connectivity index (χ1v) is 25.7. The fraction of sp³-hybridized carbons (Fsp3) is 0.745. The van der Waals surface area contributed by atoms with E-state index in [0.717, 1.165) is 64.2 Å². The van der Waals surface area contributed by atoms with Crippen molar-refractivity contribution in [3.05, 3.63) is 72.9 Å². The van der Waals surface area contributed by atoms with Crippen molar-refractivity contribution in [1.29, 1.82) is 0 Å². The Morgan fingerprint density at radius 2 is 0.918 bits per heavy atom. The summed E-state index contributed by atoms with van der Waals surface area (Å²) in [5.74, 6) is -0.634. The second-order valence-electron chi connectivity index (χ2n) is 17.2. The van der Waals surface area contributed by atoms with Gasteiger partial charge < -0.3 is 20.3 Å². The van der Waals surface area contributed by atoms with Gasteiger partial charge >= 0.3 is 5.97 Å². The zero-order valence-electron chi connectivity index (χ0n) is 40.0. The van der Waals surface area contributed by atoms with Gasteiger partial charge in [0.1, 0.15) is 6.10 Å². The molecule has 352 valence electrons. The third kappa shape index (κ3) is 43.7. The third-order valence-corrected chi connectivity index (χ3v) is 11.3. The lowest BCUT2D eigenvalue weighted by molar-refractivity contribution is -0.148. The van der Waals surface area contributed by atoms with E-state index in [1.54, 1.807) is 6.08 Å². The number of amides is 1. The van der Waals surface area contributed by atoms with Crippen molar-refractivity contribution in [1.82, 2.24) is 5.32 Å². The average molecular weight is 852 g/mol. The summed E-state index contributed by atoms with van der Waals surface area (Å²) < 4.78 is 5.82. The number of carbonyl (C=O) groups is 2. The quantitative estimate of drug-likeness (QED) is 0.0322. The fourth-order valence-corrected chi connectivity index (χ4v) is 7.39. The number of ether oxygens (including phenoxy) is 1. The van der Waals surface area contributed by atoms with Crippen molar-refractivity contribution in [2.75, 3.05) is 6.61 Å². The van der Waals surface area contributed by atoms with Crippen LogP contribution in [0.1, 0.15) is 239 Å². The topological polar surface area (TPSA) is 95.9 Å². The van der Waals surface area contributed by atoms with Crippen molar-refractivity contribution in [3.8, 4) is 0 Å². The van der Waals surface area contributed by atoms with Crippen LogP contribution in [0.5, 0.6) is 0 Å². The van der Waals surface area contributed by atoms with E-state index in [0.29, 0.717) is 19.3 Å². The summed E-state index contributed by atoms with van der Waals surface area (Å²) in [6.45, 7) is 6.32. The molecule has 3 atom stereocenters. The number of nitrogens with one attached hydrogen (secondary N) is 1. The van der Waals surface area contributed by atoms with Crippen LogP contribution in [0.25, 0.3) is 0 Å². The Labute approximate surface area is 377 Å². The number of esters is 1. The highest BCUT2D eigenvalue weighted by Crippen LogP contribution is 2.16. The molecule has 1 amide bonds. The van der Waals surface area contributed by atoms with Crippen molar-refractivity contribution in [2.24, 2.45) is 0 Å². The molecule has 0 heterocycles. The molecule has 6 heteroatoms. The first-order valence-electron chi connectivity index (χ1n) is 25.7. The number of carbonyl (C=O) groups excluding carboxylic acids is 2. The molecule has 0 fully saturated rings. The number of allylic oxidation sites excluding steroid dienone is 11. The molecule has 0 rings (SSSR count). The van der Waals surface area contributed by atoms with Crippen LogP contribution in [0.2, 0.25) is 0 Å². The van der Waals surface area contributed by atoms with Gasteiger partial charge in [-0.2, -0.15) is 0 Å². The number of aliphatic hydroxyl groups excluding tert-OH is 2. The molecule has 0 aliphatic carbocycles. The molecular formula is C55H97NO5. The Balaban J connectivity index is 4.71. The van der Waals surface area contributed by atoms with Crippen LogP contribution in [0.15, 0.2) is 72.9 Å². The Hall–Kier alpha value is -2.70. The lowest BCUT2D eigenvalue weighted by Crippen LogP contribution is -2.46. The van der Waals surface area contributed by atoms with Crippen molar-refractivity contribution < 1.29 is 24.5 Å². The average Bonchev–Trinajstić information content (AvgIpc) is 3.25. The zero-order valence-corrected chi connectivity index (χ0v) is 40.0. The van der Waals surface area contributed by atoms with E-state index in [1.165, 1.54) is 128 Å². The first kappa shape index (κ1) is 58.3. The second kappa shape index (κ2) is 48.3. The lowest BCUT2D eigenvalue weighted by atomic mass is 10.0. The second-order valence-corrected chi connectivity index (χ2v) is 17.2. The molecule has 0 aromatic rings. The van der Waals surface area contributed by atoms with Gasteiger partial charge in [-0.1, -0.05) is 222 Å². The van der Waals surface area contributed by atoms with Gasteiger partial charge in [-0.3, -0.25) is 9.59 Å². The maximum Gasteiger partial charge on any atom is 0.306 e. The Morgan fingerprint density at radius 3 is 1.38 bits per heavy atom. The van der Waals surface area contributed by atoms with Crippen LogP contribution in [-0.4, -0.2) is 46.9 Å². The SMILES string of the molecule is CC/C=C/C/C=C/C/C=C/C/C=C/C/C=C/C(CC(=O)NC(CO)C(O)CCCCCCCCCCCCC)OC(=O)CCCCCCCCC/C=C/CCCCCCCC. The predicted octanol–water partition coefficient (Wildman–Crippen LogP) is 15.4. The molecule has 61 heavy (non-hydrogen) atoms. The van der Waals surface area contributed by atoms with Gasteiger partial charge in [0.15, 0.2) is 0 Å². The van der Waals surface area contributed by atoms with E-state index in [4.69, 9.17) is 4.74 Å². The van der Waals surface area contributed by atoms with Gasteiger partial charge in [-0.15, -0.1) is 0 Å². The number of rotatable bonds is 45. The minimum atomic E-state index is -0.821. The standard InChI is InChI=1S/C55H97NO5/c1-4-7-10-13-16-19-22-24-26-27-28-30-33-36-39-42-45-48-55(60)61-51(46-43-40-37-34-32-29-25-23-20-17-14-11-8-5-2)49-54(59)56-52(50-57)53(58)47-44-41-38-35-31-21-18-15-12-9-6-3/h8,11,17,20,24-26,29,34,37,43,46,51-53,57-58H,4-7,9-10,12-16,18-19,21-23,27-28,30-33,35-36,38-42,44-45,47-50H2,1-3H3,(H,56,59)/b11-8+,20-17+,26-24+,29-25+,37-34+,46-43+. The van der Waals surface area contributed by atoms with Crippen LogP contribution in [0, 0.1) is 0 Å². The van der Waals surface area contributed by atoms with Crippen LogP contribution < -0.4 is 5.32 Å². The van der Waals surface area contributed by atoms with E-state index in [2.05, 4.69) is 86.8 Å². The first-order chi connectivity index (χ1) is 30.0. The molecule has 0 aliphatic rings. The maximum absolute atomic E-state index is 13.2. The Morgan fingerprint density at radius 1 is 0.508 bits per heavy atom. The van der Waals surface area contributed by atoms with E-state index < -0.39 is 18.2 Å². The summed E-state index contributed by atoms with van der Waals surface area (Å²) in [5, 5.41) is 23.6. The lowest BCUT2D eigenvalue weighted by Gasteiger charge is -2.23. The van der Waals surface area contributed by atoms with Gasteiger partial charge in [0.25, 0.3) is 0 Å². The summed E-state index contributed by atoms with van der Waals surface area (Å²) in [6.07, 6.45) is 61.4. The largest absolute Gasteiger partial charge is 0.458 e. The van der Waals surface area contributed by atoms with Gasteiger partial charge in [-0.25, -0.2) is 0 Å². The third-order valence-electron chi connectivity index (χ3n) is 11.3. The van der Waals surface area contributed by atoms with Gasteiger partial charge in [0.2, 0.25) is 5.91 Å². The van der Waals surface area contributed by atoms with Gasteiger partial charge in [0, 0.05) is 6.42 Å². The number of unbranched alkanes of at least 4 members (excludes halogenated alkanes) is 23. The molecule has 0 radical (unpaired) electrons. The summed E-state index contributed by atoms with van der Waals surface area (Å²) in [6, 6.07) is -0.744. The van der Waals surface area contributed by atoms with Gasteiger partial charge in [-0.05, 0) is 76.7 Å². The minimum Gasteiger partial charge on any atom is -0.458 e. The number of aliphatic hydroxyl groups is 2. The van der Waals surface area contributed by atoms with Crippen LogP contribution in [0.4, 0.5) is 0 Å². The molecule has 0 saturated heterocycles. The molecule has 0 aromatic heterocycles. The molecule has 6 nitrogen and oxygen atoms in total. The molecule has 3 N–H and O–H groups in total. The molecule has 0 aliphatic heterocycles. The van der Waals surface area contributed by atoms with Crippen molar-refractivity contribution >= 4 is 11.9 Å². The minimum absolute atomic E-state index is 0.0493. The zero-order chi connectivity index (χ0) is 44.5. The molecule has 3 unspecified atom stereocenters. The summed E-state index contributed by atoms with van der Waals surface area (Å²) in [7, 11) is 0. The fourth-order valence-electron chi connectivity index (χ4n) is 7.39. The summed E-state index contributed by atoms with van der Waals surface area (Å²) >= 11 is 0. The van der Waals surface area contributed by atoms with E-state index >= 15 is 0 Å². The highest BCUT2D eigenvalue weighted by molar-refractivity contribution is 5.78. The van der Waals surface area contributed by atoms with Crippen molar-refractivity contribution in [3.63, 3.8) is 0 Å². The van der Waals surface area contributed by atoms with Gasteiger partial charge in [0.05, 0.1) is 25.2 Å². The van der Waals surface area contributed by atoms with E-state index in [-0.39, 0.29) is 24.9 Å². The van der Waals surface area contributed by atoms with Crippen LogP contribution in [0.3, 0.4) is 0 Å².